The highest BCUT2D eigenvalue weighted by Crippen LogP contribution is 2.26. The highest BCUT2D eigenvalue weighted by molar-refractivity contribution is 5.66. The standard InChI is InChI=1S/C19H27N3O2/c1-14-6-8-16(9-7-14)22-13-15(18(20-22)19(2,3)4)12-21(5)11-10-17(23)24/h6-9,13H,10-12H2,1-5H3,(H,23,24). The molecule has 0 radical (unpaired) electrons. The van der Waals surface area contributed by atoms with E-state index in [4.69, 9.17) is 10.2 Å². The maximum Gasteiger partial charge on any atom is 0.304 e. The molecule has 1 aromatic carbocycles. The summed E-state index contributed by atoms with van der Waals surface area (Å²) in [5, 5.41) is 13.6. The van der Waals surface area contributed by atoms with Gasteiger partial charge in [-0.2, -0.15) is 5.10 Å². The van der Waals surface area contributed by atoms with E-state index in [1.54, 1.807) is 0 Å². The number of carboxylic acid groups (broad SMARTS) is 1. The zero-order valence-corrected chi connectivity index (χ0v) is 15.2. The molecule has 0 saturated heterocycles. The minimum absolute atomic E-state index is 0.0705. The summed E-state index contributed by atoms with van der Waals surface area (Å²) < 4.78 is 1.92. The molecule has 130 valence electrons. The van der Waals surface area contributed by atoms with Gasteiger partial charge in [0, 0.05) is 30.3 Å². The van der Waals surface area contributed by atoms with Crippen LogP contribution in [0.2, 0.25) is 0 Å². The van der Waals surface area contributed by atoms with Crippen molar-refractivity contribution < 1.29 is 9.90 Å². The number of aliphatic carboxylic acids is 1. The minimum atomic E-state index is -0.770. The summed E-state index contributed by atoms with van der Waals surface area (Å²) in [6.07, 6.45) is 2.20. The number of aromatic nitrogens is 2. The maximum atomic E-state index is 10.8. The van der Waals surface area contributed by atoms with Crippen LogP contribution in [0.4, 0.5) is 0 Å². The van der Waals surface area contributed by atoms with Gasteiger partial charge in [0.25, 0.3) is 0 Å². The fraction of sp³-hybridized carbons (Fsp3) is 0.474. The predicted molar refractivity (Wildman–Crippen MR) is 95.6 cm³/mol. The summed E-state index contributed by atoms with van der Waals surface area (Å²) >= 11 is 0. The zero-order chi connectivity index (χ0) is 17.9. The highest BCUT2D eigenvalue weighted by Gasteiger charge is 2.23. The number of aryl methyl sites for hydroxylation is 1. The molecule has 1 aromatic heterocycles. The maximum absolute atomic E-state index is 10.8. The smallest absolute Gasteiger partial charge is 0.304 e. The van der Waals surface area contributed by atoms with Crippen LogP contribution in [-0.4, -0.2) is 39.3 Å². The third kappa shape index (κ3) is 4.68. The molecule has 0 aliphatic carbocycles. The summed E-state index contributed by atoms with van der Waals surface area (Å²) in [5.41, 5.74) is 4.36. The molecule has 5 heteroatoms. The number of hydrogen-bond acceptors (Lipinski definition) is 3. The lowest BCUT2D eigenvalue weighted by Crippen LogP contribution is -2.23. The summed E-state index contributed by atoms with van der Waals surface area (Å²) in [5.74, 6) is -0.770. The number of benzene rings is 1. The summed E-state index contributed by atoms with van der Waals surface area (Å²) in [4.78, 5) is 12.8. The first-order chi connectivity index (χ1) is 11.2. The first kappa shape index (κ1) is 18.2. The van der Waals surface area contributed by atoms with E-state index >= 15 is 0 Å². The molecule has 1 N–H and O–H groups in total. The van der Waals surface area contributed by atoms with Gasteiger partial charge < -0.3 is 10.0 Å². The zero-order valence-electron chi connectivity index (χ0n) is 15.2. The van der Waals surface area contributed by atoms with Crippen LogP contribution >= 0.6 is 0 Å². The van der Waals surface area contributed by atoms with Gasteiger partial charge in [-0.3, -0.25) is 4.79 Å². The van der Waals surface area contributed by atoms with Gasteiger partial charge in [0.15, 0.2) is 0 Å². The number of hydrogen-bond donors (Lipinski definition) is 1. The molecule has 0 bridgehead atoms. The Labute approximate surface area is 143 Å². The van der Waals surface area contributed by atoms with Crippen LogP contribution in [0.25, 0.3) is 5.69 Å². The Hall–Kier alpha value is -2.14. The quantitative estimate of drug-likeness (QED) is 0.882. The molecule has 24 heavy (non-hydrogen) atoms. The first-order valence-corrected chi connectivity index (χ1v) is 8.23. The molecule has 0 saturated carbocycles. The van der Waals surface area contributed by atoms with E-state index in [-0.39, 0.29) is 11.8 Å². The van der Waals surface area contributed by atoms with Gasteiger partial charge >= 0.3 is 5.97 Å². The summed E-state index contributed by atoms with van der Waals surface area (Å²) in [7, 11) is 1.94. The van der Waals surface area contributed by atoms with Crippen molar-refractivity contribution in [3.05, 3.63) is 47.3 Å². The molecular weight excluding hydrogens is 302 g/mol. The normalized spacial score (nSPS) is 11.9. The number of carbonyl (C=O) groups is 1. The van der Waals surface area contributed by atoms with Gasteiger partial charge in [-0.15, -0.1) is 0 Å². The number of rotatable bonds is 6. The summed E-state index contributed by atoms with van der Waals surface area (Å²) in [6.45, 7) is 9.72. The van der Waals surface area contributed by atoms with Crippen molar-refractivity contribution in [1.29, 1.82) is 0 Å². The van der Waals surface area contributed by atoms with E-state index in [9.17, 15) is 4.79 Å². The Kier molecular flexibility index (Phi) is 5.44. The van der Waals surface area contributed by atoms with Crippen LogP contribution < -0.4 is 0 Å². The molecule has 0 unspecified atom stereocenters. The third-order valence-corrected chi connectivity index (χ3v) is 3.95. The largest absolute Gasteiger partial charge is 0.481 e. The third-order valence-electron chi connectivity index (χ3n) is 3.95. The lowest BCUT2D eigenvalue weighted by Gasteiger charge is -2.20. The fourth-order valence-electron chi connectivity index (χ4n) is 2.64. The Morgan fingerprint density at radius 2 is 1.88 bits per heavy atom. The van der Waals surface area contributed by atoms with E-state index in [0.717, 1.165) is 16.9 Å². The Bertz CT molecular complexity index is 696. The molecule has 0 spiro atoms. The van der Waals surface area contributed by atoms with Gasteiger partial charge in [0.1, 0.15) is 0 Å². The van der Waals surface area contributed by atoms with Gasteiger partial charge in [-0.25, -0.2) is 4.68 Å². The molecular formula is C19H27N3O2. The molecule has 0 aliphatic rings. The lowest BCUT2D eigenvalue weighted by molar-refractivity contribution is -0.137. The number of carboxylic acids is 1. The molecule has 0 amide bonds. The number of nitrogens with zero attached hydrogens (tertiary/aromatic N) is 3. The first-order valence-electron chi connectivity index (χ1n) is 8.23. The average molecular weight is 329 g/mol. The topological polar surface area (TPSA) is 58.4 Å². The van der Waals surface area contributed by atoms with E-state index in [0.29, 0.717) is 13.1 Å². The van der Waals surface area contributed by atoms with Crippen molar-refractivity contribution in [2.45, 2.75) is 46.1 Å². The van der Waals surface area contributed by atoms with E-state index in [1.807, 2.05) is 16.6 Å². The molecule has 0 fully saturated rings. The summed E-state index contributed by atoms with van der Waals surface area (Å²) in [6, 6.07) is 8.28. The van der Waals surface area contributed by atoms with Crippen LogP contribution in [0.15, 0.2) is 30.5 Å². The molecule has 5 nitrogen and oxygen atoms in total. The molecule has 2 aromatic rings. The minimum Gasteiger partial charge on any atom is -0.481 e. The Morgan fingerprint density at radius 3 is 2.42 bits per heavy atom. The van der Waals surface area contributed by atoms with Crippen LogP contribution in [0.5, 0.6) is 0 Å². The molecule has 2 rings (SSSR count). The van der Waals surface area contributed by atoms with Gasteiger partial charge in [-0.05, 0) is 26.1 Å². The second-order valence-corrected chi connectivity index (χ2v) is 7.41. The SMILES string of the molecule is Cc1ccc(-n2cc(CN(C)CCC(=O)O)c(C(C)(C)C)n2)cc1. The second kappa shape index (κ2) is 7.18. The van der Waals surface area contributed by atoms with E-state index in [2.05, 4.69) is 58.2 Å². The highest BCUT2D eigenvalue weighted by atomic mass is 16.4. The molecule has 1 heterocycles. The van der Waals surface area contributed by atoms with E-state index in [1.165, 1.54) is 5.56 Å². The Morgan fingerprint density at radius 1 is 1.25 bits per heavy atom. The predicted octanol–water partition coefficient (Wildman–Crippen LogP) is 3.38. The van der Waals surface area contributed by atoms with Crippen molar-refractivity contribution in [1.82, 2.24) is 14.7 Å². The monoisotopic (exact) mass is 329 g/mol. The van der Waals surface area contributed by atoms with Crippen LogP contribution in [0.3, 0.4) is 0 Å². The van der Waals surface area contributed by atoms with Gasteiger partial charge in [0.05, 0.1) is 17.8 Å². The van der Waals surface area contributed by atoms with Crippen molar-refractivity contribution in [3.8, 4) is 5.69 Å². The van der Waals surface area contributed by atoms with Crippen LogP contribution in [0, 0.1) is 6.92 Å². The molecule has 0 aliphatic heterocycles. The fourth-order valence-corrected chi connectivity index (χ4v) is 2.64. The van der Waals surface area contributed by atoms with Crippen molar-refractivity contribution in [2.24, 2.45) is 0 Å². The van der Waals surface area contributed by atoms with Crippen molar-refractivity contribution in [3.63, 3.8) is 0 Å². The van der Waals surface area contributed by atoms with Crippen molar-refractivity contribution >= 4 is 5.97 Å². The Balaban J connectivity index is 2.28. The molecule has 0 atom stereocenters. The van der Waals surface area contributed by atoms with Gasteiger partial charge in [-0.1, -0.05) is 38.5 Å². The van der Waals surface area contributed by atoms with Crippen LogP contribution in [0.1, 0.15) is 44.0 Å². The lowest BCUT2D eigenvalue weighted by atomic mass is 9.89. The van der Waals surface area contributed by atoms with E-state index < -0.39 is 5.97 Å². The van der Waals surface area contributed by atoms with Crippen molar-refractivity contribution in [2.75, 3.05) is 13.6 Å². The van der Waals surface area contributed by atoms with Crippen LogP contribution in [-0.2, 0) is 16.8 Å². The average Bonchev–Trinajstić information content (AvgIpc) is 2.90. The van der Waals surface area contributed by atoms with Gasteiger partial charge in [0.2, 0.25) is 0 Å². The second-order valence-electron chi connectivity index (χ2n) is 7.41.